The summed E-state index contributed by atoms with van der Waals surface area (Å²) >= 11 is 0. The summed E-state index contributed by atoms with van der Waals surface area (Å²) in [6.45, 7) is 2.34. The van der Waals surface area contributed by atoms with Gasteiger partial charge in [-0.2, -0.15) is 0 Å². The lowest BCUT2D eigenvalue weighted by molar-refractivity contribution is 0.0822. The van der Waals surface area contributed by atoms with E-state index in [1.807, 2.05) is 32.2 Å². The van der Waals surface area contributed by atoms with E-state index in [0.29, 0.717) is 12.6 Å². The van der Waals surface area contributed by atoms with Crippen molar-refractivity contribution < 1.29 is 4.74 Å². The fourth-order valence-electron chi connectivity index (χ4n) is 2.42. The molecule has 0 aliphatic carbocycles. The Labute approximate surface area is 126 Å². The topological polar surface area (TPSA) is 66.7 Å². The maximum absolute atomic E-state index is 5.37. The Morgan fingerprint density at radius 2 is 2.19 bits per heavy atom. The zero-order valence-corrected chi connectivity index (χ0v) is 13.4. The molecule has 0 radical (unpaired) electrons. The molecule has 2 N–H and O–H groups in total. The van der Waals surface area contributed by atoms with E-state index in [-0.39, 0.29) is 0 Å². The lowest BCUT2D eigenvalue weighted by Gasteiger charge is -2.25. The van der Waals surface area contributed by atoms with Crippen molar-refractivity contribution in [3.05, 3.63) is 11.9 Å². The van der Waals surface area contributed by atoms with Crippen molar-refractivity contribution in [1.82, 2.24) is 20.2 Å². The highest BCUT2D eigenvalue weighted by Gasteiger charge is 2.15. The highest BCUT2D eigenvalue weighted by molar-refractivity contribution is 5.79. The fraction of sp³-hybridized carbons (Fsp3) is 0.714. The van der Waals surface area contributed by atoms with E-state index in [4.69, 9.17) is 4.74 Å². The van der Waals surface area contributed by atoms with Crippen molar-refractivity contribution in [2.24, 2.45) is 12.0 Å². The maximum Gasteiger partial charge on any atom is 0.204 e. The molecule has 2 heterocycles. The van der Waals surface area contributed by atoms with Gasteiger partial charge in [-0.1, -0.05) is 0 Å². The summed E-state index contributed by atoms with van der Waals surface area (Å²) < 4.78 is 7.45. The third-order valence-corrected chi connectivity index (χ3v) is 3.68. The minimum atomic E-state index is 0.439. The zero-order valence-electron chi connectivity index (χ0n) is 13.4. The Morgan fingerprint density at radius 3 is 2.76 bits per heavy atom. The third-order valence-electron chi connectivity index (χ3n) is 3.68. The molecule has 118 valence electrons. The first-order chi connectivity index (χ1) is 10.1. The highest BCUT2D eigenvalue weighted by Crippen LogP contribution is 2.10. The number of aliphatic imine (C=N–C) groups is 1. The molecule has 2 rings (SSSR count). The number of anilines is 1. The van der Waals surface area contributed by atoms with Crippen molar-refractivity contribution in [3.8, 4) is 0 Å². The number of guanidine groups is 1. The average Bonchev–Trinajstić information content (AvgIpc) is 2.86. The minimum absolute atomic E-state index is 0.439. The van der Waals surface area contributed by atoms with Gasteiger partial charge in [-0.05, 0) is 12.8 Å². The molecule has 1 aromatic rings. The Morgan fingerprint density at radius 1 is 1.48 bits per heavy atom. The van der Waals surface area contributed by atoms with Gasteiger partial charge in [-0.25, -0.2) is 4.98 Å². The van der Waals surface area contributed by atoms with Crippen LogP contribution in [0, 0.1) is 0 Å². The molecule has 7 heteroatoms. The first kappa shape index (κ1) is 15.6. The predicted octanol–water partition coefficient (Wildman–Crippen LogP) is 0.330. The number of hydrogen-bond acceptors (Lipinski definition) is 4. The minimum Gasteiger partial charge on any atom is -0.381 e. The standard InChI is InChI=1S/C14H26N6O/c1-15-13(18-11-5-7-21-8-6-11)16-9-12-10-17-14(19(2)3)20(12)4/h10-11H,5-9H2,1-4H3,(H2,15,16,18). The van der Waals surface area contributed by atoms with Gasteiger partial charge in [-0.15, -0.1) is 0 Å². The molecule has 1 fully saturated rings. The molecular formula is C14H26N6O. The number of imidazole rings is 1. The molecule has 0 unspecified atom stereocenters. The first-order valence-electron chi connectivity index (χ1n) is 7.34. The summed E-state index contributed by atoms with van der Waals surface area (Å²) in [6.07, 6.45) is 3.94. The molecule has 0 bridgehead atoms. The van der Waals surface area contributed by atoms with Crippen LogP contribution >= 0.6 is 0 Å². The summed E-state index contributed by atoms with van der Waals surface area (Å²) in [7, 11) is 7.80. The maximum atomic E-state index is 5.37. The van der Waals surface area contributed by atoms with Crippen LogP contribution in [0.25, 0.3) is 0 Å². The van der Waals surface area contributed by atoms with Gasteiger partial charge in [0.05, 0.1) is 18.4 Å². The van der Waals surface area contributed by atoms with E-state index in [1.54, 1.807) is 7.05 Å². The van der Waals surface area contributed by atoms with Gasteiger partial charge >= 0.3 is 0 Å². The van der Waals surface area contributed by atoms with Crippen molar-refractivity contribution in [2.75, 3.05) is 39.3 Å². The van der Waals surface area contributed by atoms with E-state index >= 15 is 0 Å². The van der Waals surface area contributed by atoms with Crippen LogP contribution in [0.4, 0.5) is 5.95 Å². The summed E-state index contributed by atoms with van der Waals surface area (Å²) in [5, 5.41) is 6.79. The number of nitrogens with zero attached hydrogens (tertiary/aromatic N) is 4. The van der Waals surface area contributed by atoms with Gasteiger partial charge in [0, 0.05) is 47.4 Å². The summed E-state index contributed by atoms with van der Waals surface area (Å²) in [4.78, 5) is 10.7. The molecule has 21 heavy (non-hydrogen) atoms. The largest absolute Gasteiger partial charge is 0.381 e. The number of aromatic nitrogens is 2. The Balaban J connectivity index is 1.88. The second kappa shape index (κ2) is 7.31. The predicted molar refractivity (Wildman–Crippen MR) is 84.7 cm³/mol. The quantitative estimate of drug-likeness (QED) is 0.619. The van der Waals surface area contributed by atoms with E-state index in [9.17, 15) is 0 Å². The van der Waals surface area contributed by atoms with Gasteiger partial charge in [0.15, 0.2) is 5.96 Å². The van der Waals surface area contributed by atoms with Gasteiger partial charge in [-0.3, -0.25) is 4.99 Å². The Hall–Kier alpha value is -1.76. The molecule has 1 aliphatic heterocycles. The van der Waals surface area contributed by atoms with Crippen LogP contribution in [0.15, 0.2) is 11.2 Å². The molecule has 0 aromatic carbocycles. The molecule has 0 atom stereocenters. The SMILES string of the molecule is CN=C(NCc1cnc(N(C)C)n1C)NC1CCOCC1. The zero-order chi connectivity index (χ0) is 15.2. The summed E-state index contributed by atoms with van der Waals surface area (Å²) in [5.74, 6) is 1.77. The van der Waals surface area contributed by atoms with E-state index < -0.39 is 0 Å². The highest BCUT2D eigenvalue weighted by atomic mass is 16.5. The van der Waals surface area contributed by atoms with Crippen LogP contribution in [-0.2, 0) is 18.3 Å². The second-order valence-electron chi connectivity index (χ2n) is 5.46. The van der Waals surface area contributed by atoms with Gasteiger partial charge < -0.3 is 24.8 Å². The molecule has 7 nitrogen and oxygen atoms in total. The lowest BCUT2D eigenvalue weighted by atomic mass is 10.1. The van der Waals surface area contributed by atoms with Crippen molar-refractivity contribution >= 4 is 11.9 Å². The average molecular weight is 294 g/mol. The number of rotatable bonds is 4. The molecule has 0 amide bonds. The smallest absolute Gasteiger partial charge is 0.204 e. The first-order valence-corrected chi connectivity index (χ1v) is 7.34. The lowest BCUT2D eigenvalue weighted by Crippen LogP contribution is -2.45. The van der Waals surface area contributed by atoms with Crippen LogP contribution in [0.2, 0.25) is 0 Å². The number of nitrogens with one attached hydrogen (secondary N) is 2. The molecule has 1 saturated heterocycles. The number of ether oxygens (including phenoxy) is 1. The Kier molecular flexibility index (Phi) is 5.44. The van der Waals surface area contributed by atoms with Crippen molar-refractivity contribution in [3.63, 3.8) is 0 Å². The molecule has 1 aliphatic rings. The monoisotopic (exact) mass is 294 g/mol. The second-order valence-corrected chi connectivity index (χ2v) is 5.46. The number of hydrogen-bond donors (Lipinski definition) is 2. The summed E-state index contributed by atoms with van der Waals surface area (Å²) in [5.41, 5.74) is 1.12. The fourth-order valence-corrected chi connectivity index (χ4v) is 2.42. The van der Waals surface area contributed by atoms with Crippen LogP contribution in [0.1, 0.15) is 18.5 Å². The van der Waals surface area contributed by atoms with Gasteiger partial charge in [0.1, 0.15) is 0 Å². The van der Waals surface area contributed by atoms with E-state index in [0.717, 1.165) is 43.7 Å². The van der Waals surface area contributed by atoms with Crippen molar-refractivity contribution in [1.29, 1.82) is 0 Å². The molecule has 1 aromatic heterocycles. The molecule has 0 spiro atoms. The van der Waals surface area contributed by atoms with Crippen LogP contribution in [0.5, 0.6) is 0 Å². The van der Waals surface area contributed by atoms with Crippen LogP contribution in [0.3, 0.4) is 0 Å². The normalized spacial score (nSPS) is 16.9. The van der Waals surface area contributed by atoms with E-state index in [1.165, 1.54) is 0 Å². The molecule has 0 saturated carbocycles. The Bertz CT molecular complexity index is 476. The van der Waals surface area contributed by atoms with Crippen molar-refractivity contribution in [2.45, 2.75) is 25.4 Å². The van der Waals surface area contributed by atoms with Gasteiger partial charge in [0.2, 0.25) is 5.95 Å². The van der Waals surface area contributed by atoms with Crippen LogP contribution < -0.4 is 15.5 Å². The summed E-state index contributed by atoms with van der Waals surface area (Å²) in [6, 6.07) is 0.439. The van der Waals surface area contributed by atoms with E-state index in [2.05, 4.69) is 25.2 Å². The third kappa shape index (κ3) is 4.10. The molecular weight excluding hydrogens is 268 g/mol. The van der Waals surface area contributed by atoms with Gasteiger partial charge in [0.25, 0.3) is 0 Å². The van der Waals surface area contributed by atoms with Crippen LogP contribution in [-0.4, -0.2) is 55.9 Å².